The molecule has 0 saturated carbocycles. The fourth-order valence-electron chi connectivity index (χ4n) is 3.11. The first-order chi connectivity index (χ1) is 12.4. The first kappa shape index (κ1) is 18.8. The average molecular weight is 372 g/mol. The molecule has 0 radical (unpaired) electrons. The quantitative estimate of drug-likeness (QED) is 0.398. The van der Waals surface area contributed by atoms with Crippen LogP contribution in [0.2, 0.25) is 0 Å². The van der Waals surface area contributed by atoms with Crippen molar-refractivity contribution in [2.24, 2.45) is 0 Å². The highest BCUT2D eigenvalue weighted by Gasteiger charge is 2.27. The van der Waals surface area contributed by atoms with Crippen LogP contribution in [-0.2, 0) is 21.2 Å². The lowest BCUT2D eigenvalue weighted by Crippen LogP contribution is -2.27. The summed E-state index contributed by atoms with van der Waals surface area (Å²) in [5, 5.41) is 0. The van der Waals surface area contributed by atoms with Gasteiger partial charge in [0.05, 0.1) is 0 Å². The topological polar surface area (TPSA) is 35.5 Å². The Morgan fingerprint density at radius 2 is 1.54 bits per heavy atom. The van der Waals surface area contributed by atoms with Gasteiger partial charge in [0.15, 0.2) is 4.90 Å². The number of ether oxygens (including phenoxy) is 2. The lowest BCUT2D eigenvalue weighted by atomic mass is 9.97. The Morgan fingerprint density at radius 1 is 0.923 bits per heavy atom. The highest BCUT2D eigenvalue weighted by atomic mass is 32.2. The van der Waals surface area contributed by atoms with Crippen LogP contribution in [0.5, 0.6) is 5.75 Å². The van der Waals surface area contributed by atoms with Gasteiger partial charge < -0.3 is 9.47 Å². The average Bonchev–Trinajstić information content (AvgIpc) is 2.63. The molecule has 0 N–H and O–H groups in total. The van der Waals surface area contributed by atoms with Gasteiger partial charge >= 0.3 is 6.16 Å². The molecular weight excluding hydrogens is 344 g/mol. The second-order valence-corrected chi connectivity index (χ2v) is 9.54. The minimum Gasteiger partial charge on any atom is -0.423 e. The number of carbonyl (C=O) groups is 1. The van der Waals surface area contributed by atoms with E-state index >= 15 is 0 Å². The smallest absolute Gasteiger partial charge is 0.423 e. The van der Waals surface area contributed by atoms with E-state index in [1.807, 2.05) is 57.2 Å². The van der Waals surface area contributed by atoms with E-state index in [-0.39, 0.29) is 0 Å². The summed E-state index contributed by atoms with van der Waals surface area (Å²) in [6.07, 6.45) is 3.32. The summed E-state index contributed by atoms with van der Waals surface area (Å²) < 4.78 is 10.9. The lowest BCUT2D eigenvalue weighted by molar-refractivity contribution is 0.00636. The normalized spacial score (nSPS) is 15.5. The van der Waals surface area contributed by atoms with Gasteiger partial charge in [-0.2, -0.15) is 0 Å². The van der Waals surface area contributed by atoms with Crippen molar-refractivity contribution in [1.29, 1.82) is 0 Å². The maximum Gasteiger partial charge on any atom is 0.514 e. The molecule has 1 fully saturated rings. The Labute approximate surface area is 159 Å². The third-order valence-electron chi connectivity index (χ3n) is 4.72. The van der Waals surface area contributed by atoms with Crippen LogP contribution in [0.25, 0.3) is 0 Å². The number of hydrogen-bond donors (Lipinski definition) is 0. The van der Waals surface area contributed by atoms with Crippen molar-refractivity contribution < 1.29 is 14.3 Å². The fraction of sp³-hybridized carbons (Fsp3) is 0.409. The van der Waals surface area contributed by atoms with E-state index < -0.39 is 11.8 Å². The van der Waals surface area contributed by atoms with Crippen LogP contribution in [0.1, 0.15) is 44.2 Å². The second kappa shape index (κ2) is 8.17. The molecule has 2 aromatic carbocycles. The van der Waals surface area contributed by atoms with Gasteiger partial charge in [-0.15, -0.1) is 0 Å². The second-order valence-electron chi connectivity index (χ2n) is 7.26. The molecule has 3 nitrogen and oxygen atoms in total. The zero-order valence-electron chi connectivity index (χ0n) is 15.8. The van der Waals surface area contributed by atoms with Crippen molar-refractivity contribution in [2.45, 2.75) is 50.5 Å². The monoisotopic (exact) mass is 371 g/mol. The number of carbonyl (C=O) groups excluding carboxylic acids is 1. The summed E-state index contributed by atoms with van der Waals surface area (Å²) in [5.74, 6) is 3.10. The van der Waals surface area contributed by atoms with Gasteiger partial charge in [0.2, 0.25) is 0 Å². The van der Waals surface area contributed by atoms with Gasteiger partial charge in [0.1, 0.15) is 22.9 Å². The maximum atomic E-state index is 12.2. The molecule has 1 aliphatic rings. The van der Waals surface area contributed by atoms with E-state index in [2.05, 4.69) is 12.1 Å². The van der Waals surface area contributed by atoms with Gasteiger partial charge in [0, 0.05) is 10.9 Å². The predicted molar refractivity (Wildman–Crippen MR) is 107 cm³/mol. The SMILES string of the molecule is Cc1ccc(C(C)(C)OC(=O)Oc2ccc([S+]3CCCCC3)cc2)cc1. The molecule has 0 aliphatic carbocycles. The zero-order valence-corrected chi connectivity index (χ0v) is 16.6. The molecule has 138 valence electrons. The Bertz CT molecular complexity index is 729. The number of hydrogen-bond acceptors (Lipinski definition) is 3. The van der Waals surface area contributed by atoms with E-state index in [1.165, 1.54) is 41.2 Å². The number of aryl methyl sites for hydroxylation is 1. The zero-order chi connectivity index (χ0) is 18.6. The van der Waals surface area contributed by atoms with Gasteiger partial charge in [-0.1, -0.05) is 29.8 Å². The van der Waals surface area contributed by atoms with Crippen molar-refractivity contribution in [2.75, 3.05) is 11.5 Å². The molecule has 26 heavy (non-hydrogen) atoms. The van der Waals surface area contributed by atoms with Gasteiger partial charge in [-0.25, -0.2) is 4.79 Å². The highest BCUT2D eigenvalue weighted by Crippen LogP contribution is 2.27. The lowest BCUT2D eigenvalue weighted by Gasteiger charge is -2.25. The third kappa shape index (κ3) is 4.82. The Balaban J connectivity index is 1.59. The first-order valence-corrected chi connectivity index (χ1v) is 10.8. The fourth-order valence-corrected chi connectivity index (χ4v) is 5.41. The molecule has 3 rings (SSSR count). The largest absolute Gasteiger partial charge is 0.514 e. The van der Waals surface area contributed by atoms with E-state index in [0.29, 0.717) is 16.6 Å². The van der Waals surface area contributed by atoms with Crippen LogP contribution in [0.15, 0.2) is 53.4 Å². The van der Waals surface area contributed by atoms with Crippen molar-refractivity contribution >= 4 is 17.1 Å². The van der Waals surface area contributed by atoms with E-state index in [0.717, 1.165) is 5.56 Å². The minimum absolute atomic E-state index is 0.356. The molecular formula is C22H27O3S+. The molecule has 0 aromatic heterocycles. The number of benzene rings is 2. The predicted octanol–water partition coefficient (Wildman–Crippen LogP) is 5.61. The summed E-state index contributed by atoms with van der Waals surface area (Å²) >= 11 is 0. The van der Waals surface area contributed by atoms with Crippen LogP contribution in [0.3, 0.4) is 0 Å². The molecule has 0 amide bonds. The van der Waals surface area contributed by atoms with E-state index in [4.69, 9.17) is 9.47 Å². The summed E-state index contributed by atoms with van der Waals surface area (Å²) in [4.78, 5) is 13.6. The molecule has 0 spiro atoms. The van der Waals surface area contributed by atoms with Crippen molar-refractivity contribution in [3.63, 3.8) is 0 Å². The number of rotatable bonds is 4. The molecule has 2 aromatic rings. The first-order valence-electron chi connectivity index (χ1n) is 9.19. The van der Waals surface area contributed by atoms with Crippen LogP contribution >= 0.6 is 0 Å². The summed E-state index contributed by atoms with van der Waals surface area (Å²) in [6, 6.07) is 15.9. The van der Waals surface area contributed by atoms with Gasteiger partial charge in [-0.05, 0) is 69.9 Å². The van der Waals surface area contributed by atoms with Crippen LogP contribution in [-0.4, -0.2) is 17.7 Å². The molecule has 0 unspecified atom stereocenters. The molecule has 4 heteroatoms. The molecule has 1 aliphatic heterocycles. The van der Waals surface area contributed by atoms with Crippen LogP contribution in [0, 0.1) is 6.92 Å². The van der Waals surface area contributed by atoms with Gasteiger partial charge in [0.25, 0.3) is 0 Å². The molecule has 0 bridgehead atoms. The van der Waals surface area contributed by atoms with Crippen molar-refractivity contribution in [3.8, 4) is 5.75 Å². The molecule has 1 heterocycles. The Kier molecular flexibility index (Phi) is 5.92. The molecule has 1 saturated heterocycles. The van der Waals surface area contributed by atoms with Crippen molar-refractivity contribution in [1.82, 2.24) is 0 Å². The van der Waals surface area contributed by atoms with Crippen molar-refractivity contribution in [3.05, 3.63) is 59.7 Å². The standard InChI is InChI=1S/C22H27O3S/c1-17-7-9-18(10-8-17)22(2,3)25-21(23)24-19-11-13-20(14-12-19)26-15-5-4-6-16-26/h7-14H,4-6,15-16H2,1-3H3/q+1. The summed E-state index contributed by atoms with van der Waals surface area (Å²) in [6.45, 7) is 5.77. The van der Waals surface area contributed by atoms with E-state index in [1.54, 1.807) is 0 Å². The highest BCUT2D eigenvalue weighted by molar-refractivity contribution is 7.96. The van der Waals surface area contributed by atoms with Gasteiger partial charge in [-0.3, -0.25) is 0 Å². The maximum absolute atomic E-state index is 12.2. The summed E-state index contributed by atoms with van der Waals surface area (Å²) in [5.41, 5.74) is 1.37. The minimum atomic E-state index is -0.742. The van der Waals surface area contributed by atoms with Crippen LogP contribution < -0.4 is 4.74 Å². The molecule has 0 atom stereocenters. The Hall–Kier alpha value is -1.94. The van der Waals surface area contributed by atoms with Crippen LogP contribution in [0.4, 0.5) is 4.79 Å². The summed E-state index contributed by atoms with van der Waals surface area (Å²) in [7, 11) is 0.356. The third-order valence-corrected chi connectivity index (χ3v) is 7.23. The Morgan fingerprint density at radius 3 is 2.15 bits per heavy atom. The van der Waals surface area contributed by atoms with E-state index in [9.17, 15) is 4.79 Å².